The number of rotatable bonds is 2. The zero-order valence-corrected chi connectivity index (χ0v) is 15.2. The molecule has 0 spiro atoms. The number of anilines is 1. The molecule has 1 aromatic carbocycles. The summed E-state index contributed by atoms with van der Waals surface area (Å²) in [6, 6.07) is 3.52. The van der Waals surface area contributed by atoms with Gasteiger partial charge in [0.05, 0.1) is 21.3 Å². The Labute approximate surface area is 165 Å². The molecule has 0 aliphatic carbocycles. The second kappa shape index (κ2) is 7.29. The maximum absolute atomic E-state index is 12.9. The van der Waals surface area contributed by atoms with E-state index in [9.17, 15) is 36.2 Å². The molecule has 1 aromatic heterocycles. The van der Waals surface area contributed by atoms with Crippen molar-refractivity contribution in [2.75, 3.05) is 5.73 Å². The number of aromatic nitrogens is 1. The van der Waals surface area contributed by atoms with Crippen LogP contribution in [0.5, 0.6) is 0 Å². The predicted molar refractivity (Wildman–Crippen MR) is 87.1 cm³/mol. The number of nitrogens with two attached hydrogens (primary N) is 1. The second-order valence-electron chi connectivity index (χ2n) is 5.00. The minimum absolute atomic E-state index is 0.413. The van der Waals surface area contributed by atoms with E-state index in [0.29, 0.717) is 16.7 Å². The van der Waals surface area contributed by atoms with E-state index in [2.05, 4.69) is 0 Å². The predicted octanol–water partition coefficient (Wildman–Crippen LogP) is 4.76. The van der Waals surface area contributed by atoms with Gasteiger partial charge in [0.15, 0.2) is 5.82 Å². The highest BCUT2D eigenvalue weighted by atomic mass is 35.5. The van der Waals surface area contributed by atoms with Crippen LogP contribution >= 0.6 is 23.2 Å². The Hall–Kier alpha value is -2.25. The topological polar surface area (TPSA) is 102 Å². The fraction of sp³-hybridized carbons (Fsp3) is 0.143. The molecule has 14 heteroatoms. The van der Waals surface area contributed by atoms with Gasteiger partial charge in [0, 0.05) is 0 Å². The van der Waals surface area contributed by atoms with Crippen LogP contribution in [0.25, 0.3) is 5.69 Å². The van der Waals surface area contributed by atoms with Gasteiger partial charge in [-0.25, -0.2) is 0 Å². The van der Waals surface area contributed by atoms with Gasteiger partial charge in [0.1, 0.15) is 34.6 Å². The summed E-state index contributed by atoms with van der Waals surface area (Å²) in [5, 5.41) is 17.0. The molecule has 148 valence electrons. The fourth-order valence-electron chi connectivity index (χ4n) is 2.26. The number of hydrogen-bond acceptors (Lipinski definition) is 4. The summed E-state index contributed by atoms with van der Waals surface area (Å²) in [5.74, 6) is -0.979. The first-order valence-corrected chi connectivity index (χ1v) is 8.55. The van der Waals surface area contributed by atoms with Crippen molar-refractivity contribution in [3.63, 3.8) is 0 Å². The molecule has 2 aromatic rings. The van der Waals surface area contributed by atoms with Crippen molar-refractivity contribution < 1.29 is 30.9 Å². The zero-order chi connectivity index (χ0) is 21.6. The highest BCUT2D eigenvalue weighted by molar-refractivity contribution is 7.92. The lowest BCUT2D eigenvalue weighted by Crippen LogP contribution is -2.24. The van der Waals surface area contributed by atoms with Crippen LogP contribution in [0, 0.1) is 22.7 Å². The number of alkyl halides is 6. The van der Waals surface area contributed by atoms with Gasteiger partial charge in [-0.2, -0.15) is 23.7 Å². The number of hydrogen-bond donors (Lipinski definition) is 1. The summed E-state index contributed by atoms with van der Waals surface area (Å²) in [6.07, 6.45) is -4.84. The molecular formula is C14H4Cl2F6N4OS. The molecule has 0 amide bonds. The van der Waals surface area contributed by atoms with E-state index in [1.165, 1.54) is 12.1 Å². The molecule has 1 unspecified atom stereocenters. The molecule has 1 heterocycles. The zero-order valence-electron chi connectivity index (χ0n) is 12.9. The van der Waals surface area contributed by atoms with Crippen LogP contribution in [0.15, 0.2) is 17.0 Å². The van der Waals surface area contributed by atoms with Gasteiger partial charge in [0.25, 0.3) is 0 Å². The Morgan fingerprint density at radius 2 is 1.54 bits per heavy atom. The molecule has 1 atom stereocenters. The summed E-state index contributed by atoms with van der Waals surface area (Å²) < 4.78 is 89.4. The third-order valence-corrected chi connectivity index (χ3v) is 5.12. The highest BCUT2D eigenvalue weighted by Crippen LogP contribution is 2.43. The van der Waals surface area contributed by atoms with E-state index < -0.39 is 66.1 Å². The summed E-state index contributed by atoms with van der Waals surface area (Å²) in [4.78, 5) is -1.22. The Morgan fingerprint density at radius 1 is 1.04 bits per heavy atom. The molecule has 2 rings (SSSR count). The molecule has 0 fully saturated rings. The van der Waals surface area contributed by atoms with E-state index in [0.717, 1.165) is 0 Å². The first kappa shape index (κ1) is 22.0. The standard InChI is InChI=1S/C14H4Cl2F6N4OS/c15-7-1-5(13(17,18)19)2-8(16)10(7)26-9(4-24)6(3-23)11(12(26)25)28(27)14(20,21)22/h1-2H,25H2. The molecule has 0 aliphatic rings. The van der Waals surface area contributed by atoms with Gasteiger partial charge in [-0.1, -0.05) is 23.2 Å². The van der Waals surface area contributed by atoms with E-state index in [1.807, 2.05) is 0 Å². The largest absolute Gasteiger partial charge is 0.604 e. The highest BCUT2D eigenvalue weighted by Gasteiger charge is 2.50. The first-order valence-electron chi connectivity index (χ1n) is 6.65. The summed E-state index contributed by atoms with van der Waals surface area (Å²) >= 11 is 7.79. The van der Waals surface area contributed by atoms with Crippen molar-refractivity contribution in [1.82, 2.24) is 4.57 Å². The van der Waals surface area contributed by atoms with Gasteiger partial charge in [-0.15, -0.1) is 13.2 Å². The van der Waals surface area contributed by atoms with Gasteiger partial charge < -0.3 is 10.3 Å². The smallest absolute Gasteiger partial charge is 0.578 e. The minimum atomic E-state index is -5.33. The van der Waals surface area contributed by atoms with E-state index in [-0.39, 0.29) is 0 Å². The molecule has 5 nitrogen and oxygen atoms in total. The molecule has 2 N–H and O–H groups in total. The maximum Gasteiger partial charge on any atom is 0.578 e. The molecule has 0 aliphatic heterocycles. The van der Waals surface area contributed by atoms with Crippen molar-refractivity contribution in [1.29, 1.82) is 10.5 Å². The van der Waals surface area contributed by atoms with Crippen LogP contribution in [-0.2, 0) is 17.4 Å². The quantitative estimate of drug-likeness (QED) is 0.515. The van der Waals surface area contributed by atoms with Crippen LogP contribution in [0.4, 0.5) is 32.2 Å². The van der Waals surface area contributed by atoms with E-state index in [4.69, 9.17) is 34.2 Å². The van der Waals surface area contributed by atoms with Crippen molar-refractivity contribution in [3.8, 4) is 17.8 Å². The second-order valence-corrected chi connectivity index (χ2v) is 7.22. The van der Waals surface area contributed by atoms with Crippen molar-refractivity contribution in [2.45, 2.75) is 16.6 Å². The molecule has 28 heavy (non-hydrogen) atoms. The van der Waals surface area contributed by atoms with Gasteiger partial charge >= 0.3 is 11.7 Å². The number of benzene rings is 1. The normalized spacial score (nSPS) is 13.1. The molecule has 0 bridgehead atoms. The monoisotopic (exact) mass is 460 g/mol. The van der Waals surface area contributed by atoms with E-state index in [1.54, 1.807) is 0 Å². The lowest BCUT2D eigenvalue weighted by Gasteiger charge is -2.15. The Balaban J connectivity index is 2.91. The minimum Gasteiger partial charge on any atom is -0.604 e. The fourth-order valence-corrected chi connectivity index (χ4v) is 3.75. The van der Waals surface area contributed by atoms with Gasteiger partial charge in [-0.3, -0.25) is 4.57 Å². The van der Waals surface area contributed by atoms with Crippen LogP contribution in [-0.4, -0.2) is 14.6 Å². The van der Waals surface area contributed by atoms with Gasteiger partial charge in [-0.05, 0) is 12.1 Å². The average Bonchev–Trinajstić information content (AvgIpc) is 2.83. The number of nitrogen functional groups attached to an aromatic ring is 1. The lowest BCUT2D eigenvalue weighted by atomic mass is 10.2. The molecule has 0 saturated carbocycles. The SMILES string of the molecule is N#Cc1c([S+]([O-])C(F)(F)F)c(N)n(-c2c(Cl)cc(C(F)(F)F)cc2Cl)c1C#N. The molecule has 0 radical (unpaired) electrons. The number of nitriles is 2. The lowest BCUT2D eigenvalue weighted by molar-refractivity contribution is -0.137. The Morgan fingerprint density at radius 3 is 1.89 bits per heavy atom. The Kier molecular flexibility index (Phi) is 5.74. The van der Waals surface area contributed by atoms with Gasteiger partial charge in [0.2, 0.25) is 4.90 Å². The Bertz CT molecular complexity index is 1010. The van der Waals surface area contributed by atoms with Crippen molar-refractivity contribution in [2.24, 2.45) is 0 Å². The first-order chi connectivity index (χ1) is 12.8. The summed E-state index contributed by atoms with van der Waals surface area (Å²) in [5.41, 5.74) is -3.39. The third kappa shape index (κ3) is 3.69. The number of nitrogens with zero attached hydrogens (tertiary/aromatic N) is 3. The van der Waals surface area contributed by atoms with Crippen LogP contribution in [0.1, 0.15) is 16.8 Å². The average molecular weight is 461 g/mol. The van der Waals surface area contributed by atoms with Crippen LogP contribution in [0.3, 0.4) is 0 Å². The maximum atomic E-state index is 12.9. The van der Waals surface area contributed by atoms with Crippen molar-refractivity contribution in [3.05, 3.63) is 39.0 Å². The van der Waals surface area contributed by atoms with E-state index >= 15 is 0 Å². The summed E-state index contributed by atoms with van der Waals surface area (Å²) in [6.45, 7) is 0. The third-order valence-electron chi connectivity index (χ3n) is 3.34. The van der Waals surface area contributed by atoms with Crippen LogP contribution < -0.4 is 5.73 Å². The summed E-state index contributed by atoms with van der Waals surface area (Å²) in [7, 11) is 0. The van der Waals surface area contributed by atoms with Crippen molar-refractivity contribution >= 4 is 40.2 Å². The molecular weight excluding hydrogens is 457 g/mol. The number of halogens is 8. The van der Waals surface area contributed by atoms with Crippen LogP contribution in [0.2, 0.25) is 10.0 Å². The molecule has 0 saturated heterocycles.